The zero-order valence-electron chi connectivity index (χ0n) is 9.72. The number of nitrogens with two attached hydrogens (primary N) is 1. The highest BCUT2D eigenvalue weighted by Gasteiger charge is 2.10. The van der Waals surface area contributed by atoms with Crippen molar-refractivity contribution in [3.63, 3.8) is 0 Å². The molecule has 3 nitrogen and oxygen atoms in total. The Morgan fingerprint density at radius 3 is 2.81 bits per heavy atom. The molecule has 84 valence electrons. The number of rotatable bonds is 3. The van der Waals surface area contributed by atoms with E-state index in [-0.39, 0.29) is 6.04 Å². The summed E-state index contributed by atoms with van der Waals surface area (Å²) in [5.74, 6) is 0. The number of hydrogen-bond donors (Lipinski definition) is 1. The van der Waals surface area contributed by atoms with Gasteiger partial charge in [0, 0.05) is 18.2 Å². The average Bonchev–Trinajstić information content (AvgIpc) is 2.76. The van der Waals surface area contributed by atoms with Crippen molar-refractivity contribution in [1.82, 2.24) is 9.55 Å². The molecule has 0 saturated carbocycles. The predicted molar refractivity (Wildman–Crippen MR) is 65.9 cm³/mol. The SMILES string of the molecule is CCn1cncc1-c1ccccc1C(C)N. The molecule has 1 heterocycles. The van der Waals surface area contributed by atoms with Crippen LogP contribution in [0.5, 0.6) is 0 Å². The maximum Gasteiger partial charge on any atom is 0.0950 e. The molecule has 3 heteroatoms. The predicted octanol–water partition coefficient (Wildman–Crippen LogP) is 2.59. The summed E-state index contributed by atoms with van der Waals surface area (Å²) in [6, 6.07) is 8.27. The van der Waals surface area contributed by atoms with Gasteiger partial charge in [-0.1, -0.05) is 24.3 Å². The summed E-state index contributed by atoms with van der Waals surface area (Å²) in [5.41, 5.74) is 9.46. The van der Waals surface area contributed by atoms with E-state index in [0.717, 1.165) is 17.8 Å². The van der Waals surface area contributed by atoms with Crippen molar-refractivity contribution in [1.29, 1.82) is 0 Å². The summed E-state index contributed by atoms with van der Waals surface area (Å²) >= 11 is 0. The van der Waals surface area contributed by atoms with E-state index in [0.29, 0.717) is 0 Å². The lowest BCUT2D eigenvalue weighted by Crippen LogP contribution is -2.07. The van der Waals surface area contributed by atoms with Gasteiger partial charge in [-0.25, -0.2) is 4.98 Å². The number of imidazole rings is 1. The number of aromatic nitrogens is 2. The van der Waals surface area contributed by atoms with Gasteiger partial charge in [0.1, 0.15) is 0 Å². The minimum Gasteiger partial charge on any atom is -0.331 e. The molecule has 1 unspecified atom stereocenters. The van der Waals surface area contributed by atoms with Crippen LogP contribution in [0.25, 0.3) is 11.3 Å². The Morgan fingerprint density at radius 1 is 1.38 bits per heavy atom. The highest BCUT2D eigenvalue weighted by atomic mass is 15.0. The standard InChI is InChI=1S/C13H17N3/c1-3-16-9-15-8-13(16)12-7-5-4-6-11(12)10(2)14/h4-10H,3,14H2,1-2H3. The van der Waals surface area contributed by atoms with Crippen molar-refractivity contribution < 1.29 is 0 Å². The van der Waals surface area contributed by atoms with Gasteiger partial charge >= 0.3 is 0 Å². The van der Waals surface area contributed by atoms with Crippen LogP contribution in [0.1, 0.15) is 25.5 Å². The molecule has 1 aromatic carbocycles. The molecule has 0 fully saturated rings. The van der Waals surface area contributed by atoms with Crippen LogP contribution in [0, 0.1) is 0 Å². The Hall–Kier alpha value is -1.61. The van der Waals surface area contributed by atoms with Crippen molar-refractivity contribution in [3.05, 3.63) is 42.4 Å². The van der Waals surface area contributed by atoms with Crippen LogP contribution in [0.15, 0.2) is 36.8 Å². The lowest BCUT2D eigenvalue weighted by atomic mass is 10.00. The molecule has 1 aromatic heterocycles. The second-order valence-corrected chi connectivity index (χ2v) is 3.94. The monoisotopic (exact) mass is 215 g/mol. The van der Waals surface area contributed by atoms with Crippen molar-refractivity contribution in [2.75, 3.05) is 0 Å². The van der Waals surface area contributed by atoms with E-state index in [4.69, 9.17) is 5.73 Å². The summed E-state index contributed by atoms with van der Waals surface area (Å²) < 4.78 is 2.13. The van der Waals surface area contributed by atoms with Gasteiger partial charge in [0.2, 0.25) is 0 Å². The highest BCUT2D eigenvalue weighted by molar-refractivity contribution is 5.64. The molecule has 16 heavy (non-hydrogen) atoms. The summed E-state index contributed by atoms with van der Waals surface area (Å²) in [6.07, 6.45) is 3.75. The third-order valence-corrected chi connectivity index (χ3v) is 2.78. The Kier molecular flexibility index (Phi) is 3.06. The third-order valence-electron chi connectivity index (χ3n) is 2.78. The lowest BCUT2D eigenvalue weighted by Gasteiger charge is -2.13. The third kappa shape index (κ3) is 1.86. The molecule has 0 spiro atoms. The van der Waals surface area contributed by atoms with Gasteiger partial charge in [0.15, 0.2) is 0 Å². The van der Waals surface area contributed by atoms with E-state index >= 15 is 0 Å². The number of aryl methyl sites for hydroxylation is 1. The van der Waals surface area contributed by atoms with Crippen LogP contribution in [0.2, 0.25) is 0 Å². The topological polar surface area (TPSA) is 43.8 Å². The fraction of sp³-hybridized carbons (Fsp3) is 0.308. The first-order chi connectivity index (χ1) is 7.74. The second-order valence-electron chi connectivity index (χ2n) is 3.94. The van der Waals surface area contributed by atoms with Crippen LogP contribution in [-0.2, 0) is 6.54 Å². The van der Waals surface area contributed by atoms with Gasteiger partial charge in [0.05, 0.1) is 18.2 Å². The minimum atomic E-state index is 0.0383. The zero-order valence-corrected chi connectivity index (χ0v) is 9.72. The molecular formula is C13H17N3. The van der Waals surface area contributed by atoms with Crippen molar-refractivity contribution >= 4 is 0 Å². The Labute approximate surface area is 95.9 Å². The van der Waals surface area contributed by atoms with E-state index in [1.165, 1.54) is 5.56 Å². The van der Waals surface area contributed by atoms with Crippen LogP contribution in [0.3, 0.4) is 0 Å². The number of benzene rings is 1. The molecule has 2 aromatic rings. The highest BCUT2D eigenvalue weighted by Crippen LogP contribution is 2.26. The fourth-order valence-electron chi connectivity index (χ4n) is 1.92. The molecule has 0 aliphatic heterocycles. The molecule has 0 radical (unpaired) electrons. The summed E-state index contributed by atoms with van der Waals surface area (Å²) in [5, 5.41) is 0. The Morgan fingerprint density at radius 2 is 2.12 bits per heavy atom. The van der Waals surface area contributed by atoms with E-state index in [2.05, 4.69) is 28.6 Å². The van der Waals surface area contributed by atoms with Crippen molar-refractivity contribution in [3.8, 4) is 11.3 Å². The number of hydrogen-bond acceptors (Lipinski definition) is 2. The maximum atomic E-state index is 5.98. The molecule has 0 bridgehead atoms. The van der Waals surface area contributed by atoms with Crippen molar-refractivity contribution in [2.24, 2.45) is 5.73 Å². The van der Waals surface area contributed by atoms with Crippen LogP contribution in [-0.4, -0.2) is 9.55 Å². The minimum absolute atomic E-state index is 0.0383. The normalized spacial score (nSPS) is 12.7. The molecule has 2 rings (SSSR count). The zero-order chi connectivity index (χ0) is 11.5. The molecule has 1 atom stereocenters. The van der Waals surface area contributed by atoms with E-state index in [9.17, 15) is 0 Å². The molecule has 0 amide bonds. The molecule has 0 aliphatic carbocycles. The van der Waals surface area contributed by atoms with Crippen LogP contribution >= 0.6 is 0 Å². The van der Waals surface area contributed by atoms with Crippen molar-refractivity contribution in [2.45, 2.75) is 26.4 Å². The van der Waals surface area contributed by atoms with Crippen LogP contribution in [0.4, 0.5) is 0 Å². The van der Waals surface area contributed by atoms with E-state index in [1.807, 2.05) is 31.6 Å². The molecule has 0 aliphatic rings. The lowest BCUT2D eigenvalue weighted by molar-refractivity contribution is 0.763. The smallest absolute Gasteiger partial charge is 0.0950 e. The second kappa shape index (κ2) is 4.49. The Bertz CT molecular complexity index is 472. The maximum absolute atomic E-state index is 5.98. The van der Waals surface area contributed by atoms with Gasteiger partial charge in [-0.05, 0) is 19.4 Å². The summed E-state index contributed by atoms with van der Waals surface area (Å²) in [7, 11) is 0. The van der Waals surface area contributed by atoms with Gasteiger partial charge < -0.3 is 10.3 Å². The first-order valence-electron chi connectivity index (χ1n) is 5.59. The number of nitrogens with zero attached hydrogens (tertiary/aromatic N) is 2. The van der Waals surface area contributed by atoms with Gasteiger partial charge in [-0.2, -0.15) is 0 Å². The first-order valence-corrected chi connectivity index (χ1v) is 5.59. The summed E-state index contributed by atoms with van der Waals surface area (Å²) in [4.78, 5) is 4.19. The van der Waals surface area contributed by atoms with Gasteiger partial charge in [-0.3, -0.25) is 0 Å². The molecule has 2 N–H and O–H groups in total. The van der Waals surface area contributed by atoms with Crippen LogP contribution < -0.4 is 5.73 Å². The summed E-state index contributed by atoms with van der Waals surface area (Å²) in [6.45, 7) is 5.04. The largest absolute Gasteiger partial charge is 0.331 e. The Balaban J connectivity index is 2.55. The van der Waals surface area contributed by atoms with Gasteiger partial charge in [-0.15, -0.1) is 0 Å². The molecule has 0 saturated heterocycles. The van der Waals surface area contributed by atoms with E-state index in [1.54, 1.807) is 0 Å². The molecular weight excluding hydrogens is 198 g/mol. The van der Waals surface area contributed by atoms with Gasteiger partial charge in [0.25, 0.3) is 0 Å². The quantitative estimate of drug-likeness (QED) is 0.855. The average molecular weight is 215 g/mol. The van der Waals surface area contributed by atoms with E-state index < -0.39 is 0 Å². The first kappa shape index (κ1) is 10.9. The fourth-order valence-corrected chi connectivity index (χ4v) is 1.92.